The Morgan fingerprint density at radius 3 is 2.25 bits per heavy atom. The monoisotopic (exact) mass is 301 g/mol. The van der Waals surface area contributed by atoms with Crippen LogP contribution in [0.3, 0.4) is 0 Å². The second-order valence-corrected chi connectivity index (χ2v) is 5.81. The van der Waals surface area contributed by atoms with Gasteiger partial charge in [-0.2, -0.15) is 0 Å². The first-order valence-electron chi connectivity index (χ1n) is 6.14. The van der Waals surface area contributed by atoms with Crippen LogP contribution in [-0.2, 0) is 4.79 Å². The van der Waals surface area contributed by atoms with E-state index in [4.69, 9.17) is 5.11 Å². The van der Waals surface area contributed by atoms with E-state index in [2.05, 4.69) is 15.6 Å². The molecule has 8 heteroatoms. The Labute approximate surface area is 121 Å². The number of aryl methyl sites for hydroxylation is 2. The number of carbonyl (C=O) groups excluding carboxylic acids is 1. The molecule has 0 spiro atoms. The Balaban J connectivity index is 2.66. The first-order valence-corrected chi connectivity index (χ1v) is 6.95. The van der Waals surface area contributed by atoms with Gasteiger partial charge in [0.1, 0.15) is 0 Å². The Morgan fingerprint density at radius 1 is 1.25 bits per heavy atom. The van der Waals surface area contributed by atoms with Crippen molar-refractivity contribution in [1.29, 1.82) is 0 Å². The molecule has 1 aromatic heterocycles. The van der Waals surface area contributed by atoms with Gasteiger partial charge in [-0.3, -0.25) is 0 Å². The van der Waals surface area contributed by atoms with Crippen LogP contribution in [0.5, 0.6) is 0 Å². The van der Waals surface area contributed by atoms with E-state index in [1.54, 1.807) is 6.92 Å². The Bertz CT molecular complexity index is 501. The minimum Gasteiger partial charge on any atom is -0.480 e. The lowest BCUT2D eigenvalue weighted by atomic mass is 10.2. The number of nitrogens with one attached hydrogen (secondary N) is 2. The van der Waals surface area contributed by atoms with Crippen LogP contribution in [0.25, 0.3) is 0 Å². The van der Waals surface area contributed by atoms with Crippen molar-refractivity contribution in [1.82, 2.24) is 15.6 Å². The van der Waals surface area contributed by atoms with Crippen molar-refractivity contribution in [3.63, 3.8) is 0 Å². The Morgan fingerprint density at radius 2 is 1.85 bits per heavy atom. The molecule has 112 valence electrons. The zero-order valence-corrected chi connectivity index (χ0v) is 12.6. The number of carbonyl (C=O) groups is 2. The minimum absolute atomic E-state index is 0.287. The maximum atomic E-state index is 11.8. The van der Waals surface area contributed by atoms with E-state index in [0.29, 0.717) is 0 Å². The number of aromatic nitrogens is 1. The minimum atomic E-state index is -1.34. The standard InChI is InChI=1S/C12H19N3O4S/c1-5-10(20-8(4)13-5)6(2)14-12(19)15-9(7(3)16)11(17)18/h6-7,9,16H,1-4H3,(H,17,18)(H2,14,15,19). The third-order valence-corrected chi connectivity index (χ3v) is 3.97. The Kier molecular flexibility index (Phi) is 5.46. The molecule has 1 aromatic rings. The molecular weight excluding hydrogens is 282 g/mol. The molecule has 3 atom stereocenters. The second kappa shape index (κ2) is 6.67. The maximum Gasteiger partial charge on any atom is 0.328 e. The SMILES string of the molecule is Cc1nc(C)c(C(C)NC(=O)NC(C(=O)O)C(C)O)s1. The van der Waals surface area contributed by atoms with Gasteiger partial charge in [0.25, 0.3) is 0 Å². The third kappa shape index (κ3) is 4.17. The molecule has 4 N–H and O–H groups in total. The van der Waals surface area contributed by atoms with Gasteiger partial charge in [0.15, 0.2) is 6.04 Å². The molecule has 0 aliphatic carbocycles. The highest BCUT2D eigenvalue weighted by Gasteiger charge is 2.26. The number of carboxylic acids is 1. The number of aliphatic carboxylic acids is 1. The van der Waals surface area contributed by atoms with Crippen molar-refractivity contribution >= 4 is 23.3 Å². The summed E-state index contributed by atoms with van der Waals surface area (Å²) in [5.74, 6) is -1.28. The van der Waals surface area contributed by atoms with Gasteiger partial charge in [0.2, 0.25) is 0 Å². The summed E-state index contributed by atoms with van der Waals surface area (Å²) in [7, 11) is 0. The first-order chi connectivity index (χ1) is 9.22. The fourth-order valence-electron chi connectivity index (χ4n) is 1.78. The zero-order chi connectivity index (χ0) is 15.4. The fourth-order valence-corrected chi connectivity index (χ4v) is 2.71. The van der Waals surface area contributed by atoms with Gasteiger partial charge in [-0.1, -0.05) is 0 Å². The summed E-state index contributed by atoms with van der Waals surface area (Å²) < 4.78 is 0. The smallest absolute Gasteiger partial charge is 0.328 e. The number of aliphatic hydroxyl groups is 1. The highest BCUT2D eigenvalue weighted by Crippen LogP contribution is 2.24. The van der Waals surface area contributed by atoms with Crippen LogP contribution >= 0.6 is 11.3 Å². The molecule has 0 aromatic carbocycles. The van der Waals surface area contributed by atoms with Crippen LogP contribution < -0.4 is 10.6 Å². The normalized spacial score (nSPS) is 15.2. The molecule has 0 aliphatic heterocycles. The lowest BCUT2D eigenvalue weighted by Crippen LogP contribution is -2.51. The number of rotatable bonds is 5. The fraction of sp³-hybridized carbons (Fsp3) is 0.583. The summed E-state index contributed by atoms with van der Waals surface area (Å²) in [5.41, 5.74) is 0.839. The average molecular weight is 301 g/mol. The molecule has 0 aliphatic rings. The molecule has 0 radical (unpaired) electrons. The van der Waals surface area contributed by atoms with E-state index in [1.165, 1.54) is 18.3 Å². The van der Waals surface area contributed by atoms with Gasteiger partial charge in [0, 0.05) is 4.88 Å². The molecule has 1 heterocycles. The molecule has 1 rings (SSSR count). The number of urea groups is 1. The zero-order valence-electron chi connectivity index (χ0n) is 11.8. The molecule has 0 saturated heterocycles. The summed E-state index contributed by atoms with van der Waals surface area (Å²) in [6.07, 6.45) is -1.18. The summed E-state index contributed by atoms with van der Waals surface area (Å²) in [5, 5.41) is 23.9. The molecular formula is C12H19N3O4S. The molecule has 2 amide bonds. The van der Waals surface area contributed by atoms with Crippen LogP contribution in [0.15, 0.2) is 0 Å². The predicted octanol–water partition coefficient (Wildman–Crippen LogP) is 0.954. The number of hydrogen-bond donors (Lipinski definition) is 4. The van der Waals surface area contributed by atoms with E-state index in [0.717, 1.165) is 15.6 Å². The largest absolute Gasteiger partial charge is 0.480 e. The number of carboxylic acid groups (broad SMARTS) is 1. The van der Waals surface area contributed by atoms with E-state index >= 15 is 0 Å². The van der Waals surface area contributed by atoms with Gasteiger partial charge >= 0.3 is 12.0 Å². The molecule has 0 fully saturated rings. The van der Waals surface area contributed by atoms with Crippen LogP contribution in [0.4, 0.5) is 4.79 Å². The van der Waals surface area contributed by atoms with E-state index < -0.39 is 24.1 Å². The lowest BCUT2D eigenvalue weighted by Gasteiger charge is -2.19. The van der Waals surface area contributed by atoms with Gasteiger partial charge in [-0.15, -0.1) is 11.3 Å². The number of thiazole rings is 1. The van der Waals surface area contributed by atoms with Gasteiger partial charge in [-0.05, 0) is 27.7 Å². The summed E-state index contributed by atoms with van der Waals surface area (Å²) >= 11 is 1.48. The molecule has 7 nitrogen and oxygen atoms in total. The van der Waals surface area contributed by atoms with Gasteiger partial charge in [0.05, 0.1) is 22.8 Å². The maximum absolute atomic E-state index is 11.8. The van der Waals surface area contributed by atoms with Crippen molar-refractivity contribution < 1.29 is 19.8 Å². The van der Waals surface area contributed by atoms with Crippen LogP contribution in [0.2, 0.25) is 0 Å². The molecule has 3 unspecified atom stereocenters. The van der Waals surface area contributed by atoms with Crippen molar-refractivity contribution in [2.45, 2.75) is 45.9 Å². The first kappa shape index (κ1) is 16.4. The number of aliphatic hydroxyl groups excluding tert-OH is 1. The Hall–Kier alpha value is -1.67. The highest BCUT2D eigenvalue weighted by atomic mass is 32.1. The van der Waals surface area contributed by atoms with Gasteiger partial charge < -0.3 is 20.8 Å². The van der Waals surface area contributed by atoms with Crippen LogP contribution in [-0.4, -0.2) is 39.3 Å². The highest BCUT2D eigenvalue weighted by molar-refractivity contribution is 7.11. The number of amides is 2. The van der Waals surface area contributed by atoms with Crippen molar-refractivity contribution in [3.8, 4) is 0 Å². The van der Waals surface area contributed by atoms with Crippen molar-refractivity contribution in [2.24, 2.45) is 0 Å². The van der Waals surface area contributed by atoms with Crippen LogP contribution in [0, 0.1) is 13.8 Å². The summed E-state index contributed by atoms with van der Waals surface area (Å²) in [4.78, 5) is 27.8. The van der Waals surface area contributed by atoms with Crippen molar-refractivity contribution in [2.75, 3.05) is 0 Å². The van der Waals surface area contributed by atoms with E-state index in [1.807, 2.05) is 13.8 Å². The van der Waals surface area contributed by atoms with Gasteiger partial charge in [-0.25, -0.2) is 14.6 Å². The summed E-state index contributed by atoms with van der Waals surface area (Å²) in [6.45, 7) is 6.82. The average Bonchev–Trinajstić information content (AvgIpc) is 2.64. The molecule has 20 heavy (non-hydrogen) atoms. The third-order valence-electron chi connectivity index (χ3n) is 2.72. The van der Waals surface area contributed by atoms with Crippen molar-refractivity contribution in [3.05, 3.63) is 15.6 Å². The second-order valence-electron chi connectivity index (χ2n) is 4.58. The molecule has 0 bridgehead atoms. The van der Waals surface area contributed by atoms with Crippen LogP contribution in [0.1, 0.15) is 35.5 Å². The quantitative estimate of drug-likeness (QED) is 0.647. The number of nitrogens with zero attached hydrogens (tertiary/aromatic N) is 1. The predicted molar refractivity (Wildman–Crippen MR) is 74.8 cm³/mol. The van der Waals surface area contributed by atoms with E-state index in [-0.39, 0.29) is 6.04 Å². The summed E-state index contributed by atoms with van der Waals surface area (Å²) in [6, 6.07) is -2.27. The number of hydrogen-bond acceptors (Lipinski definition) is 5. The molecule has 0 saturated carbocycles. The topological polar surface area (TPSA) is 112 Å². The van der Waals surface area contributed by atoms with E-state index in [9.17, 15) is 14.7 Å². The lowest BCUT2D eigenvalue weighted by molar-refractivity contribution is -0.141.